The van der Waals surface area contributed by atoms with Crippen LogP contribution < -0.4 is 11.5 Å². The SMILES string of the molecule is CCCOCn1cc(N)c(C(N)=O)n1. The maximum absolute atomic E-state index is 10.8. The van der Waals surface area contributed by atoms with Gasteiger partial charge in [-0.25, -0.2) is 4.68 Å². The van der Waals surface area contributed by atoms with Crippen LogP contribution >= 0.6 is 0 Å². The standard InChI is InChI=1S/C8H14N4O2/c1-2-3-14-5-12-4-6(9)7(11-12)8(10)13/h4H,2-3,5,9H2,1H3,(H2,10,13). The predicted octanol–water partition coefficient (Wildman–Crippen LogP) is -0.0517. The van der Waals surface area contributed by atoms with Crippen LogP contribution in [-0.4, -0.2) is 22.3 Å². The van der Waals surface area contributed by atoms with Crippen LogP contribution in [0.25, 0.3) is 0 Å². The molecule has 0 unspecified atom stereocenters. The first-order chi connectivity index (χ1) is 6.65. The highest BCUT2D eigenvalue weighted by Crippen LogP contribution is 2.07. The summed E-state index contributed by atoms with van der Waals surface area (Å²) >= 11 is 0. The summed E-state index contributed by atoms with van der Waals surface area (Å²) in [5.41, 5.74) is 10.9. The van der Waals surface area contributed by atoms with Crippen molar-refractivity contribution in [2.45, 2.75) is 20.1 Å². The molecule has 0 radical (unpaired) electrons. The van der Waals surface area contributed by atoms with Crippen molar-refractivity contribution in [1.29, 1.82) is 0 Å². The van der Waals surface area contributed by atoms with Gasteiger partial charge in [0.15, 0.2) is 5.69 Å². The number of aromatic nitrogens is 2. The van der Waals surface area contributed by atoms with Gasteiger partial charge in [0.2, 0.25) is 0 Å². The number of primary amides is 1. The number of anilines is 1. The van der Waals surface area contributed by atoms with Crippen LogP contribution in [-0.2, 0) is 11.5 Å². The minimum Gasteiger partial charge on any atom is -0.396 e. The topological polar surface area (TPSA) is 96.2 Å². The van der Waals surface area contributed by atoms with E-state index in [1.807, 2.05) is 6.92 Å². The Morgan fingerprint density at radius 1 is 1.71 bits per heavy atom. The van der Waals surface area contributed by atoms with Crippen LogP contribution in [0.4, 0.5) is 5.69 Å². The number of nitrogens with two attached hydrogens (primary N) is 2. The molecule has 6 nitrogen and oxygen atoms in total. The first-order valence-corrected chi connectivity index (χ1v) is 4.35. The molecule has 78 valence electrons. The molecule has 0 saturated carbocycles. The van der Waals surface area contributed by atoms with Crippen LogP contribution in [0.3, 0.4) is 0 Å². The molecular weight excluding hydrogens is 184 g/mol. The summed E-state index contributed by atoms with van der Waals surface area (Å²) in [5, 5.41) is 3.87. The average Bonchev–Trinajstić information content (AvgIpc) is 2.47. The minimum atomic E-state index is -0.628. The van der Waals surface area contributed by atoms with Crippen molar-refractivity contribution < 1.29 is 9.53 Å². The molecule has 0 aliphatic rings. The Kier molecular flexibility index (Phi) is 3.47. The number of carbonyl (C=O) groups excluding carboxylic acids is 1. The molecular formula is C8H14N4O2. The van der Waals surface area contributed by atoms with Crippen LogP contribution in [0.15, 0.2) is 6.20 Å². The van der Waals surface area contributed by atoms with Gasteiger partial charge in [0.25, 0.3) is 5.91 Å². The third-order valence-corrected chi connectivity index (χ3v) is 1.60. The molecule has 0 saturated heterocycles. The van der Waals surface area contributed by atoms with Gasteiger partial charge in [0.1, 0.15) is 6.73 Å². The Hall–Kier alpha value is -1.56. The fourth-order valence-corrected chi connectivity index (χ4v) is 0.997. The predicted molar refractivity (Wildman–Crippen MR) is 51.4 cm³/mol. The molecule has 1 amide bonds. The normalized spacial score (nSPS) is 10.4. The zero-order chi connectivity index (χ0) is 10.6. The molecule has 14 heavy (non-hydrogen) atoms. The molecule has 0 aliphatic heterocycles. The van der Waals surface area contributed by atoms with Gasteiger partial charge in [-0.15, -0.1) is 0 Å². The van der Waals surface area contributed by atoms with Crippen molar-refractivity contribution in [3.8, 4) is 0 Å². The van der Waals surface area contributed by atoms with E-state index in [1.165, 1.54) is 10.9 Å². The smallest absolute Gasteiger partial charge is 0.271 e. The van der Waals surface area contributed by atoms with Gasteiger partial charge in [0, 0.05) is 6.61 Å². The Balaban J connectivity index is 2.62. The maximum atomic E-state index is 10.8. The largest absolute Gasteiger partial charge is 0.396 e. The van der Waals surface area contributed by atoms with E-state index in [2.05, 4.69) is 5.10 Å². The van der Waals surface area contributed by atoms with E-state index in [0.29, 0.717) is 6.61 Å². The second kappa shape index (κ2) is 4.61. The van der Waals surface area contributed by atoms with Crippen molar-refractivity contribution >= 4 is 11.6 Å². The molecule has 1 rings (SSSR count). The lowest BCUT2D eigenvalue weighted by Gasteiger charge is -2.00. The van der Waals surface area contributed by atoms with E-state index in [-0.39, 0.29) is 18.1 Å². The monoisotopic (exact) mass is 198 g/mol. The van der Waals surface area contributed by atoms with Gasteiger partial charge in [-0.05, 0) is 6.42 Å². The Morgan fingerprint density at radius 2 is 2.43 bits per heavy atom. The Morgan fingerprint density at radius 3 is 2.93 bits per heavy atom. The molecule has 0 bridgehead atoms. The molecule has 4 N–H and O–H groups in total. The number of nitrogens with zero attached hydrogens (tertiary/aromatic N) is 2. The summed E-state index contributed by atoms with van der Waals surface area (Å²) in [7, 11) is 0. The van der Waals surface area contributed by atoms with Crippen LogP contribution in [0.5, 0.6) is 0 Å². The van der Waals surface area contributed by atoms with Crippen LogP contribution in [0.2, 0.25) is 0 Å². The number of hydrogen-bond donors (Lipinski definition) is 2. The van der Waals surface area contributed by atoms with Gasteiger partial charge in [0.05, 0.1) is 11.9 Å². The van der Waals surface area contributed by atoms with Crippen LogP contribution in [0.1, 0.15) is 23.8 Å². The molecule has 0 aromatic carbocycles. The molecule has 0 atom stereocenters. The summed E-state index contributed by atoms with van der Waals surface area (Å²) in [4.78, 5) is 10.8. The van der Waals surface area contributed by atoms with Gasteiger partial charge >= 0.3 is 0 Å². The van der Waals surface area contributed by atoms with Gasteiger partial charge < -0.3 is 16.2 Å². The molecule has 0 fully saturated rings. The Labute approximate surface area is 81.8 Å². The Bertz CT molecular complexity index is 321. The second-order valence-electron chi connectivity index (χ2n) is 2.87. The van der Waals surface area contributed by atoms with E-state index in [1.54, 1.807) is 0 Å². The van der Waals surface area contributed by atoms with E-state index in [4.69, 9.17) is 16.2 Å². The summed E-state index contributed by atoms with van der Waals surface area (Å²) in [6.07, 6.45) is 2.45. The van der Waals surface area contributed by atoms with Gasteiger partial charge in [-0.3, -0.25) is 4.79 Å². The van der Waals surface area contributed by atoms with Crippen molar-refractivity contribution in [2.24, 2.45) is 5.73 Å². The zero-order valence-corrected chi connectivity index (χ0v) is 8.06. The van der Waals surface area contributed by atoms with E-state index in [0.717, 1.165) is 6.42 Å². The van der Waals surface area contributed by atoms with E-state index in [9.17, 15) is 4.79 Å². The molecule has 1 aromatic heterocycles. The third-order valence-electron chi connectivity index (χ3n) is 1.60. The van der Waals surface area contributed by atoms with Crippen LogP contribution in [0, 0.1) is 0 Å². The average molecular weight is 198 g/mol. The molecule has 1 heterocycles. The number of rotatable bonds is 5. The fraction of sp³-hybridized carbons (Fsp3) is 0.500. The van der Waals surface area contributed by atoms with E-state index >= 15 is 0 Å². The highest BCUT2D eigenvalue weighted by atomic mass is 16.5. The highest BCUT2D eigenvalue weighted by Gasteiger charge is 2.10. The number of ether oxygens (including phenoxy) is 1. The molecule has 0 aliphatic carbocycles. The van der Waals surface area contributed by atoms with Gasteiger partial charge in [-0.1, -0.05) is 6.92 Å². The second-order valence-corrected chi connectivity index (χ2v) is 2.87. The highest BCUT2D eigenvalue weighted by molar-refractivity contribution is 5.95. The summed E-state index contributed by atoms with van der Waals surface area (Å²) < 4.78 is 6.66. The lowest BCUT2D eigenvalue weighted by Crippen LogP contribution is -2.14. The van der Waals surface area contributed by atoms with Crippen molar-refractivity contribution in [2.75, 3.05) is 12.3 Å². The number of amides is 1. The molecule has 0 spiro atoms. The van der Waals surface area contributed by atoms with Crippen molar-refractivity contribution in [3.05, 3.63) is 11.9 Å². The molecule has 6 heteroatoms. The summed E-state index contributed by atoms with van der Waals surface area (Å²) in [6.45, 7) is 2.93. The summed E-state index contributed by atoms with van der Waals surface area (Å²) in [6, 6.07) is 0. The lowest BCUT2D eigenvalue weighted by molar-refractivity contribution is 0.0688. The summed E-state index contributed by atoms with van der Waals surface area (Å²) in [5.74, 6) is -0.628. The fourth-order valence-electron chi connectivity index (χ4n) is 0.997. The number of hydrogen-bond acceptors (Lipinski definition) is 4. The van der Waals surface area contributed by atoms with Crippen molar-refractivity contribution in [1.82, 2.24) is 9.78 Å². The zero-order valence-electron chi connectivity index (χ0n) is 8.06. The quantitative estimate of drug-likeness (QED) is 0.648. The third kappa shape index (κ3) is 2.46. The lowest BCUT2D eigenvalue weighted by atomic mass is 10.4. The van der Waals surface area contributed by atoms with Gasteiger partial charge in [-0.2, -0.15) is 5.10 Å². The molecule has 1 aromatic rings. The maximum Gasteiger partial charge on any atom is 0.271 e. The van der Waals surface area contributed by atoms with E-state index < -0.39 is 5.91 Å². The minimum absolute atomic E-state index is 0.0881. The number of carbonyl (C=O) groups is 1. The van der Waals surface area contributed by atoms with Crippen molar-refractivity contribution in [3.63, 3.8) is 0 Å². The first kappa shape index (κ1) is 10.5. The first-order valence-electron chi connectivity index (χ1n) is 4.35. The number of nitrogen functional groups attached to an aromatic ring is 1.